The van der Waals surface area contributed by atoms with Crippen molar-refractivity contribution in [2.24, 2.45) is 0 Å². The van der Waals surface area contributed by atoms with Crippen molar-refractivity contribution in [3.63, 3.8) is 0 Å². The van der Waals surface area contributed by atoms with Crippen LogP contribution in [-0.4, -0.2) is 24.3 Å². The van der Waals surface area contributed by atoms with Crippen molar-refractivity contribution < 1.29 is 14.6 Å². The minimum absolute atomic E-state index is 0.123. The standard InChI is InChI=1S/C5H10O2.C3H8O/c1-3-4-5(6)7-2;1-3(2)4/h3-4H2,1-2H3;3-4H,1-2H3. The number of methoxy groups -OCH3 is 1. The lowest BCUT2D eigenvalue weighted by atomic mass is 10.3. The van der Waals surface area contributed by atoms with Crippen molar-refractivity contribution >= 4 is 5.97 Å². The highest BCUT2D eigenvalue weighted by Gasteiger charge is 1.92. The lowest BCUT2D eigenvalue weighted by Gasteiger charge is -1.91. The molecule has 0 aliphatic heterocycles. The van der Waals surface area contributed by atoms with Gasteiger partial charge in [-0.05, 0) is 20.3 Å². The summed E-state index contributed by atoms with van der Waals surface area (Å²) in [6.45, 7) is 5.39. The molecule has 3 nitrogen and oxygen atoms in total. The normalized spacial score (nSPS) is 8.55. The van der Waals surface area contributed by atoms with E-state index in [0.717, 1.165) is 6.42 Å². The third-order valence-corrected chi connectivity index (χ3v) is 0.682. The van der Waals surface area contributed by atoms with Crippen LogP contribution in [0.15, 0.2) is 0 Å². The maximum Gasteiger partial charge on any atom is 0.305 e. The van der Waals surface area contributed by atoms with Crippen molar-refractivity contribution in [2.75, 3.05) is 7.11 Å². The van der Waals surface area contributed by atoms with Crippen LogP contribution < -0.4 is 0 Å². The van der Waals surface area contributed by atoms with E-state index in [2.05, 4.69) is 4.74 Å². The van der Waals surface area contributed by atoms with Gasteiger partial charge in [-0.15, -0.1) is 0 Å². The summed E-state index contributed by atoms with van der Waals surface area (Å²) in [4.78, 5) is 10.2. The van der Waals surface area contributed by atoms with Gasteiger partial charge in [0.1, 0.15) is 0 Å². The van der Waals surface area contributed by atoms with E-state index in [0.29, 0.717) is 6.42 Å². The van der Waals surface area contributed by atoms with Crippen LogP contribution in [0.25, 0.3) is 0 Å². The van der Waals surface area contributed by atoms with E-state index >= 15 is 0 Å². The van der Waals surface area contributed by atoms with E-state index < -0.39 is 0 Å². The molecule has 0 aliphatic rings. The van der Waals surface area contributed by atoms with Crippen molar-refractivity contribution in [3.05, 3.63) is 0 Å². The van der Waals surface area contributed by atoms with E-state index in [1.807, 2.05) is 6.92 Å². The smallest absolute Gasteiger partial charge is 0.305 e. The Balaban J connectivity index is 0. The van der Waals surface area contributed by atoms with Gasteiger partial charge in [0.2, 0.25) is 0 Å². The zero-order valence-electron chi connectivity index (χ0n) is 7.76. The van der Waals surface area contributed by atoms with E-state index in [9.17, 15) is 4.79 Å². The minimum Gasteiger partial charge on any atom is -0.469 e. The highest BCUT2D eigenvalue weighted by molar-refractivity contribution is 5.68. The molecule has 0 aliphatic carbocycles. The van der Waals surface area contributed by atoms with Gasteiger partial charge >= 0.3 is 5.97 Å². The van der Waals surface area contributed by atoms with E-state index in [1.54, 1.807) is 13.8 Å². The third-order valence-electron chi connectivity index (χ3n) is 0.682. The van der Waals surface area contributed by atoms with Crippen LogP contribution in [0.4, 0.5) is 0 Å². The summed E-state index contributed by atoms with van der Waals surface area (Å²) < 4.78 is 4.35. The average Bonchev–Trinajstić information content (AvgIpc) is 1.87. The first-order valence-corrected chi connectivity index (χ1v) is 3.79. The Kier molecular flexibility index (Phi) is 11.2. The second kappa shape index (κ2) is 9.43. The molecule has 0 bridgehead atoms. The first-order valence-electron chi connectivity index (χ1n) is 3.79. The molecule has 1 N–H and O–H groups in total. The summed E-state index contributed by atoms with van der Waals surface area (Å²) >= 11 is 0. The van der Waals surface area contributed by atoms with Gasteiger partial charge in [0.15, 0.2) is 0 Å². The maximum atomic E-state index is 10.2. The number of carbonyl (C=O) groups excluding carboxylic acids is 1. The van der Waals surface area contributed by atoms with Crippen LogP contribution in [-0.2, 0) is 9.53 Å². The van der Waals surface area contributed by atoms with Crippen LogP contribution in [0.3, 0.4) is 0 Å². The summed E-state index contributed by atoms with van der Waals surface area (Å²) in [5, 5.41) is 8.06. The molecule has 0 unspecified atom stereocenters. The summed E-state index contributed by atoms with van der Waals surface area (Å²) in [6.07, 6.45) is 1.24. The van der Waals surface area contributed by atoms with Crippen molar-refractivity contribution in [1.29, 1.82) is 0 Å². The number of ether oxygens (including phenoxy) is 1. The molecule has 0 fully saturated rings. The molecule has 0 heterocycles. The molecule has 0 saturated heterocycles. The fourth-order valence-electron chi connectivity index (χ4n) is 0.306. The molecule has 0 rings (SSSR count). The Morgan fingerprint density at radius 1 is 1.55 bits per heavy atom. The molecule has 0 amide bonds. The minimum atomic E-state index is -0.167. The number of hydrogen-bond donors (Lipinski definition) is 1. The Morgan fingerprint density at radius 2 is 1.91 bits per heavy atom. The third kappa shape index (κ3) is 26.5. The summed E-state index contributed by atoms with van der Waals surface area (Å²) in [5.41, 5.74) is 0. The molecule has 0 aromatic carbocycles. The molecule has 0 atom stereocenters. The van der Waals surface area contributed by atoms with E-state index in [-0.39, 0.29) is 12.1 Å². The second-order valence-corrected chi connectivity index (χ2v) is 2.42. The Bertz CT molecular complexity index is 86.6. The number of aliphatic hydroxyl groups is 1. The molecule has 0 aromatic heterocycles. The van der Waals surface area contributed by atoms with Crippen molar-refractivity contribution in [2.45, 2.75) is 39.7 Å². The van der Waals surface area contributed by atoms with Gasteiger partial charge in [-0.2, -0.15) is 0 Å². The predicted octanol–water partition coefficient (Wildman–Crippen LogP) is 1.35. The van der Waals surface area contributed by atoms with Gasteiger partial charge < -0.3 is 9.84 Å². The van der Waals surface area contributed by atoms with Gasteiger partial charge in [0, 0.05) is 12.5 Å². The van der Waals surface area contributed by atoms with Gasteiger partial charge in [-0.1, -0.05) is 6.92 Å². The zero-order valence-corrected chi connectivity index (χ0v) is 7.76. The average molecular weight is 162 g/mol. The highest BCUT2D eigenvalue weighted by Crippen LogP contribution is 1.86. The Labute approximate surface area is 68.4 Å². The molecular weight excluding hydrogens is 144 g/mol. The first-order chi connectivity index (χ1) is 5.04. The summed E-state index contributed by atoms with van der Waals surface area (Å²) in [7, 11) is 1.40. The molecule has 0 radical (unpaired) electrons. The first kappa shape index (κ1) is 13.1. The van der Waals surface area contributed by atoms with Gasteiger partial charge in [0.05, 0.1) is 7.11 Å². The quantitative estimate of drug-likeness (QED) is 0.623. The summed E-state index contributed by atoms with van der Waals surface area (Å²) in [6, 6.07) is 0. The monoisotopic (exact) mass is 162 g/mol. The SMILES string of the molecule is CC(C)O.CCCC(=O)OC. The fourth-order valence-corrected chi connectivity index (χ4v) is 0.306. The number of carbonyl (C=O) groups is 1. The molecule has 0 spiro atoms. The van der Waals surface area contributed by atoms with Crippen LogP contribution >= 0.6 is 0 Å². The zero-order chi connectivity index (χ0) is 9.28. The molecule has 3 heteroatoms. The molecule has 68 valence electrons. The Morgan fingerprint density at radius 3 is 2.00 bits per heavy atom. The highest BCUT2D eigenvalue weighted by atomic mass is 16.5. The van der Waals surface area contributed by atoms with Crippen molar-refractivity contribution in [3.8, 4) is 0 Å². The molecule has 11 heavy (non-hydrogen) atoms. The van der Waals surface area contributed by atoms with Crippen LogP contribution in [0.1, 0.15) is 33.6 Å². The van der Waals surface area contributed by atoms with Crippen LogP contribution in [0.5, 0.6) is 0 Å². The molecular formula is C8H18O3. The van der Waals surface area contributed by atoms with Crippen LogP contribution in [0, 0.1) is 0 Å². The van der Waals surface area contributed by atoms with E-state index in [4.69, 9.17) is 5.11 Å². The van der Waals surface area contributed by atoms with Crippen LogP contribution in [0.2, 0.25) is 0 Å². The topological polar surface area (TPSA) is 46.5 Å². The largest absolute Gasteiger partial charge is 0.469 e. The van der Waals surface area contributed by atoms with Crippen molar-refractivity contribution in [1.82, 2.24) is 0 Å². The molecule has 0 aromatic rings. The van der Waals surface area contributed by atoms with Gasteiger partial charge in [0.25, 0.3) is 0 Å². The number of rotatable bonds is 2. The lowest BCUT2D eigenvalue weighted by Crippen LogP contribution is -1.97. The molecule has 0 saturated carbocycles. The number of aliphatic hydroxyl groups excluding tert-OH is 1. The van der Waals surface area contributed by atoms with E-state index in [1.165, 1.54) is 7.11 Å². The predicted molar refractivity (Wildman–Crippen MR) is 44.3 cm³/mol. The fraction of sp³-hybridized carbons (Fsp3) is 0.875. The lowest BCUT2D eigenvalue weighted by molar-refractivity contribution is -0.140. The van der Waals surface area contributed by atoms with Gasteiger partial charge in [-0.25, -0.2) is 0 Å². The second-order valence-electron chi connectivity index (χ2n) is 2.42. The van der Waals surface area contributed by atoms with Gasteiger partial charge in [-0.3, -0.25) is 4.79 Å². The Hall–Kier alpha value is -0.570. The number of esters is 1. The number of hydrogen-bond acceptors (Lipinski definition) is 3. The summed E-state index contributed by atoms with van der Waals surface area (Å²) in [5.74, 6) is -0.123. The maximum absolute atomic E-state index is 10.2.